The average Bonchev–Trinajstić information content (AvgIpc) is 1.17. The van der Waals surface area contributed by atoms with Crippen LogP contribution in [-0.4, -0.2) is 0 Å². The Hall–Kier alpha value is -9.38. The van der Waals surface area contributed by atoms with Gasteiger partial charge >= 0.3 is 0 Å². The Labute approximate surface area is 449 Å². The highest BCUT2D eigenvalue weighted by Crippen LogP contribution is 2.30. The van der Waals surface area contributed by atoms with Crippen LogP contribution >= 0.6 is 0 Å². The third-order valence-corrected chi connectivity index (χ3v) is 10.9. The average molecular weight is 949 g/mol. The molecule has 12 aromatic carbocycles. The zero-order valence-corrected chi connectivity index (χ0v) is 39.3. The second kappa shape index (κ2) is 24.3. The Bertz CT molecular complexity index is 4550. The molecule has 0 amide bonds. The zero-order chi connectivity index (χ0) is 64.8. The molecule has 0 unspecified atom stereocenters. The van der Waals surface area contributed by atoms with E-state index in [0.29, 0.717) is 22.7 Å². The summed E-state index contributed by atoms with van der Waals surface area (Å²) in [7, 11) is 0. The smallest absolute Gasteiger partial charge is 0.0645 e. The Morgan fingerprint density at radius 1 is 0.264 bits per heavy atom. The van der Waals surface area contributed by atoms with Gasteiger partial charge in [0, 0.05) is 50.9 Å². The molecule has 0 atom stereocenters. The van der Waals surface area contributed by atoms with Gasteiger partial charge in [-0.1, -0.05) is 200 Å². The molecule has 4 heteroatoms. The molecule has 0 aliphatic rings. The van der Waals surface area contributed by atoms with Crippen molar-refractivity contribution in [2.45, 2.75) is 13.8 Å². The number of benzene rings is 12. The Balaban J connectivity index is 0.000000143. The number of nitrogens with one attached hydrogen (secondary N) is 4. The van der Waals surface area contributed by atoms with Gasteiger partial charge in [-0.15, -0.1) is 0 Å². The van der Waals surface area contributed by atoms with Crippen molar-refractivity contribution in [1.29, 1.82) is 0 Å². The lowest BCUT2D eigenvalue weighted by Gasteiger charge is -2.09. The maximum absolute atomic E-state index is 8.04. The van der Waals surface area contributed by atoms with Crippen molar-refractivity contribution >= 4 is 77.8 Å². The third kappa shape index (κ3) is 13.4. The first kappa shape index (κ1) is 30.3. The van der Waals surface area contributed by atoms with Gasteiger partial charge in [-0.25, -0.2) is 0 Å². The second-order valence-electron chi connectivity index (χ2n) is 16.2. The van der Waals surface area contributed by atoms with Crippen LogP contribution in [-0.2, 0) is 0 Å². The van der Waals surface area contributed by atoms with Crippen LogP contribution in [0.15, 0.2) is 291 Å². The molecule has 12 rings (SSSR count). The number of fused-ring (bicyclic) bond motifs is 4. The maximum atomic E-state index is 8.04. The molecule has 0 aromatic heterocycles. The molecular weight excluding hydrogens is 873 g/mol. The molecule has 4 nitrogen and oxygen atoms in total. The number of hydrogen-bond acceptors (Lipinski definition) is 4. The van der Waals surface area contributed by atoms with Crippen LogP contribution in [0, 0.1) is 13.8 Å². The summed E-state index contributed by atoms with van der Waals surface area (Å²) < 4.78 is 140. The first-order chi connectivity index (χ1) is 42.9. The zero-order valence-electron chi connectivity index (χ0n) is 57.3. The molecule has 0 saturated heterocycles. The first-order valence-electron chi connectivity index (χ1n) is 31.9. The van der Waals surface area contributed by atoms with Gasteiger partial charge in [-0.3, -0.25) is 0 Å². The van der Waals surface area contributed by atoms with Crippen LogP contribution in [0.2, 0.25) is 0 Å². The number of hydrogen-bond donors (Lipinski definition) is 4. The van der Waals surface area contributed by atoms with E-state index in [2.05, 4.69) is 33.4 Å². The number of anilines is 8. The SMILES string of the molecule is [2H]c1c([2H])c([2H])c(Nc2ccc(-c3ccccc3)cc2)c([2H])c1[2H].[2H]c1c([2H])c([2H])c(Nc2ccc3ccc4ccccc4c3c2)c([2H])c1[2H].[2H]c1c([2H])c([2H])c(Nc2cccc3ccccc23)c([2H])c1[2H].[2H]c1cc([2H])c(Nc2cc(C)cc(C)c2)c([2H])c1. The molecule has 0 aliphatic heterocycles. The summed E-state index contributed by atoms with van der Waals surface area (Å²) in [6.07, 6.45) is 0. The molecule has 0 aliphatic carbocycles. The molecule has 350 valence electrons. The lowest BCUT2D eigenvalue weighted by molar-refractivity contribution is 1.37. The van der Waals surface area contributed by atoms with Crippen LogP contribution in [0.1, 0.15) is 35.8 Å². The van der Waals surface area contributed by atoms with Gasteiger partial charge in [0.2, 0.25) is 0 Å². The first-order valence-corrected chi connectivity index (χ1v) is 22.9. The van der Waals surface area contributed by atoms with E-state index >= 15 is 0 Å². The Morgan fingerprint density at radius 2 is 0.708 bits per heavy atom. The van der Waals surface area contributed by atoms with E-state index in [9.17, 15) is 0 Å². The minimum absolute atomic E-state index is 0.0773. The van der Waals surface area contributed by atoms with Crippen LogP contribution in [0.25, 0.3) is 43.4 Å². The fourth-order valence-corrected chi connectivity index (χ4v) is 7.73. The lowest BCUT2D eigenvalue weighted by Crippen LogP contribution is -1.91. The second-order valence-corrected chi connectivity index (χ2v) is 16.2. The van der Waals surface area contributed by atoms with Gasteiger partial charge in [0.1, 0.15) is 0 Å². The topological polar surface area (TPSA) is 48.1 Å². The van der Waals surface area contributed by atoms with Crippen molar-refractivity contribution in [3.63, 3.8) is 0 Å². The monoisotopic (exact) mass is 949 g/mol. The highest BCUT2D eigenvalue weighted by atomic mass is 14.9. The van der Waals surface area contributed by atoms with E-state index in [1.54, 1.807) is 0 Å². The van der Waals surface area contributed by atoms with Crippen molar-refractivity contribution in [2.75, 3.05) is 21.3 Å². The van der Waals surface area contributed by atoms with Gasteiger partial charge in [0.05, 0.1) is 24.7 Å². The van der Waals surface area contributed by atoms with Crippen LogP contribution in [0.3, 0.4) is 0 Å². The summed E-state index contributed by atoms with van der Waals surface area (Å²) in [5, 5.41) is 18.3. The van der Waals surface area contributed by atoms with Gasteiger partial charge < -0.3 is 21.3 Å². The van der Waals surface area contributed by atoms with E-state index in [1.165, 1.54) is 12.1 Å². The number of rotatable bonds is 9. The van der Waals surface area contributed by atoms with Gasteiger partial charge in [-0.2, -0.15) is 0 Å². The summed E-state index contributed by atoms with van der Waals surface area (Å²) in [6, 6.07) is 53.4. The predicted molar refractivity (Wildman–Crippen MR) is 312 cm³/mol. The van der Waals surface area contributed by atoms with Gasteiger partial charge in [0.15, 0.2) is 0 Å². The van der Waals surface area contributed by atoms with Crippen LogP contribution in [0.5, 0.6) is 0 Å². The normalized spacial score (nSPS) is 13.9. The van der Waals surface area contributed by atoms with Gasteiger partial charge in [0.25, 0.3) is 0 Å². The largest absolute Gasteiger partial charge is 0.356 e. The summed E-state index contributed by atoms with van der Waals surface area (Å²) >= 11 is 0. The van der Waals surface area contributed by atoms with E-state index in [-0.39, 0.29) is 108 Å². The summed E-state index contributed by atoms with van der Waals surface area (Å²) in [5.74, 6) is 0. The van der Waals surface area contributed by atoms with Crippen LogP contribution in [0.4, 0.5) is 45.5 Å². The van der Waals surface area contributed by atoms with E-state index < -0.39 is 18.1 Å². The maximum Gasteiger partial charge on any atom is 0.0645 e. The molecule has 72 heavy (non-hydrogen) atoms. The molecule has 0 saturated carbocycles. The third-order valence-electron chi connectivity index (χ3n) is 10.9. The Kier molecular flexibility index (Phi) is 10.2. The highest BCUT2D eigenvalue weighted by molar-refractivity contribution is 6.08. The molecule has 12 aromatic rings. The highest BCUT2D eigenvalue weighted by Gasteiger charge is 2.04. The summed E-state index contributed by atoms with van der Waals surface area (Å²) in [5.41, 5.74) is 7.99. The van der Waals surface area contributed by atoms with Crippen molar-refractivity contribution in [2.24, 2.45) is 0 Å². The van der Waals surface area contributed by atoms with Crippen molar-refractivity contribution < 1.29 is 24.7 Å². The molecule has 0 heterocycles. The van der Waals surface area contributed by atoms with Crippen molar-refractivity contribution in [1.82, 2.24) is 0 Å². The molecule has 4 N–H and O–H groups in total. The van der Waals surface area contributed by atoms with E-state index in [0.717, 1.165) is 60.3 Å². The molecule has 0 spiro atoms. The summed E-state index contributed by atoms with van der Waals surface area (Å²) in [6.45, 7) is 4.02. The minimum atomic E-state index is -0.394. The Morgan fingerprint density at radius 3 is 1.33 bits per heavy atom. The number of aryl methyl sites for hydroxylation is 2. The molecular formula is C68H58N4. The fraction of sp³-hybridized carbons (Fsp3) is 0.0294. The van der Waals surface area contributed by atoms with E-state index in [4.69, 9.17) is 24.7 Å². The van der Waals surface area contributed by atoms with Gasteiger partial charge in [-0.05, 0) is 154 Å². The van der Waals surface area contributed by atoms with Crippen molar-refractivity contribution in [3.8, 4) is 11.1 Å². The lowest BCUT2D eigenvalue weighted by atomic mass is 10.0. The van der Waals surface area contributed by atoms with Crippen molar-refractivity contribution in [3.05, 3.63) is 302 Å². The summed E-state index contributed by atoms with van der Waals surface area (Å²) in [4.78, 5) is 0. The molecule has 0 radical (unpaired) electrons. The van der Waals surface area contributed by atoms with Crippen LogP contribution < -0.4 is 21.3 Å². The molecule has 0 fully saturated rings. The number of para-hydroxylation sites is 4. The predicted octanol–water partition coefficient (Wildman–Crippen LogP) is 19.5. The fourth-order valence-electron chi connectivity index (χ4n) is 7.73. The quantitative estimate of drug-likeness (QED) is 0.109. The molecule has 0 bridgehead atoms. The standard InChI is InChI=1S/C20H15N.C18H15N.C16H13N.C14H15N/c1-2-7-17(8-3-1)21-18-13-12-16-11-10-15-6-4-5-9-19(15)20(16)14-18;1-3-7-15(8-4-1)16-11-13-18(14-12-16)19-17-9-5-2-6-10-17;1-2-9-14(10-3-1)17-16-12-6-8-13-7-4-5-11-15(13)16;1-11-8-12(2)10-14(9-11)15-13-6-4-3-5-7-13/h1-14,21H;1-14,19H;1-12,17H;3-10,15H,1-2H3/i1D,2D,3D,7D,8D;2D,5D,6D,9D,10D;1D,2D,3D,9D,10D;3D,6D,7D. The minimum Gasteiger partial charge on any atom is -0.356 e. The van der Waals surface area contributed by atoms with E-state index in [1.807, 2.05) is 172 Å².